The Morgan fingerprint density at radius 3 is 2.84 bits per heavy atom. The summed E-state index contributed by atoms with van der Waals surface area (Å²) in [5.41, 5.74) is 0. The zero-order valence-corrected chi connectivity index (χ0v) is 13.4. The van der Waals surface area contributed by atoms with Crippen molar-refractivity contribution in [3.8, 4) is 0 Å². The van der Waals surface area contributed by atoms with Crippen LogP contribution in [0.5, 0.6) is 0 Å². The molecule has 1 rings (SSSR count). The molecule has 0 unspecified atom stereocenters. The molecule has 0 aromatic carbocycles. The Bertz CT molecular complexity index is 387. The molecular weight excluding hydrogens is 256 g/mol. The third kappa shape index (κ3) is 5.59. The zero-order valence-electron chi connectivity index (χ0n) is 12.6. The Labute approximate surface area is 121 Å². The van der Waals surface area contributed by atoms with Gasteiger partial charge in [-0.1, -0.05) is 20.3 Å². The first-order chi connectivity index (χ1) is 9.21. The van der Waals surface area contributed by atoms with Crippen LogP contribution in [0.4, 0.5) is 0 Å². The van der Waals surface area contributed by atoms with Gasteiger partial charge in [0.15, 0.2) is 5.96 Å². The Kier molecular flexibility index (Phi) is 7.48. The fourth-order valence-electron chi connectivity index (χ4n) is 1.79. The summed E-state index contributed by atoms with van der Waals surface area (Å²) in [5, 5.41) is 4.60. The Balaban J connectivity index is 2.33. The summed E-state index contributed by atoms with van der Waals surface area (Å²) in [5.74, 6) is 0.973. The van der Waals surface area contributed by atoms with Gasteiger partial charge in [-0.05, 0) is 12.8 Å². The van der Waals surface area contributed by atoms with Crippen molar-refractivity contribution >= 4 is 17.3 Å². The topological polar surface area (TPSA) is 40.5 Å². The van der Waals surface area contributed by atoms with Gasteiger partial charge in [-0.15, -0.1) is 11.3 Å². The molecular formula is C14H26N4S. The lowest BCUT2D eigenvalue weighted by molar-refractivity contribution is 0.465. The molecule has 0 saturated carbocycles. The minimum atomic E-state index is 0.889. The summed E-state index contributed by atoms with van der Waals surface area (Å²) in [6.45, 7) is 6.31. The van der Waals surface area contributed by atoms with E-state index in [-0.39, 0.29) is 0 Å². The van der Waals surface area contributed by atoms with Crippen LogP contribution in [0.3, 0.4) is 0 Å². The quantitative estimate of drug-likeness (QED) is 0.617. The van der Waals surface area contributed by atoms with E-state index in [0.717, 1.165) is 31.9 Å². The standard InChI is InChI=1S/C14H26N4S/c1-5-7-10-18(4)14(15-3)16-9-8-13-17-11-12(6-2)19-13/h11H,5-10H2,1-4H3,(H,15,16). The fraction of sp³-hybridized carbons (Fsp3) is 0.714. The van der Waals surface area contributed by atoms with E-state index < -0.39 is 0 Å². The molecule has 5 heteroatoms. The molecule has 1 aromatic heterocycles. The van der Waals surface area contributed by atoms with E-state index >= 15 is 0 Å². The maximum absolute atomic E-state index is 4.43. The Morgan fingerprint density at radius 1 is 1.47 bits per heavy atom. The van der Waals surface area contributed by atoms with Crippen molar-refractivity contribution < 1.29 is 0 Å². The lowest BCUT2D eigenvalue weighted by Gasteiger charge is -2.21. The second-order valence-corrected chi connectivity index (χ2v) is 5.77. The number of hydrogen-bond donors (Lipinski definition) is 1. The summed E-state index contributed by atoms with van der Waals surface area (Å²) in [4.78, 5) is 12.3. The van der Waals surface area contributed by atoms with Gasteiger partial charge in [-0.2, -0.15) is 0 Å². The lowest BCUT2D eigenvalue weighted by atomic mass is 10.3. The Morgan fingerprint density at radius 2 is 2.26 bits per heavy atom. The van der Waals surface area contributed by atoms with Gasteiger partial charge in [-0.3, -0.25) is 4.99 Å². The highest BCUT2D eigenvalue weighted by Gasteiger charge is 2.05. The summed E-state index contributed by atoms with van der Waals surface area (Å²) in [6.07, 6.45) is 6.43. The van der Waals surface area contributed by atoms with E-state index in [1.54, 1.807) is 0 Å². The molecule has 1 heterocycles. The van der Waals surface area contributed by atoms with Crippen LogP contribution in [-0.2, 0) is 12.8 Å². The first-order valence-corrected chi connectivity index (χ1v) is 7.88. The van der Waals surface area contributed by atoms with Crippen molar-refractivity contribution in [3.05, 3.63) is 16.1 Å². The first-order valence-electron chi connectivity index (χ1n) is 7.06. The van der Waals surface area contributed by atoms with Gasteiger partial charge >= 0.3 is 0 Å². The number of unbranched alkanes of at least 4 members (excludes halogenated alkanes) is 1. The van der Waals surface area contributed by atoms with Crippen molar-refractivity contribution in [3.63, 3.8) is 0 Å². The van der Waals surface area contributed by atoms with Gasteiger partial charge in [0.25, 0.3) is 0 Å². The van der Waals surface area contributed by atoms with Crippen LogP contribution < -0.4 is 5.32 Å². The number of rotatable bonds is 7. The highest BCUT2D eigenvalue weighted by Crippen LogP contribution is 2.13. The summed E-state index contributed by atoms with van der Waals surface area (Å²) in [6, 6.07) is 0. The van der Waals surface area contributed by atoms with Crippen LogP contribution in [0, 0.1) is 0 Å². The van der Waals surface area contributed by atoms with Crippen molar-refractivity contribution in [2.24, 2.45) is 4.99 Å². The molecule has 0 spiro atoms. The third-order valence-corrected chi connectivity index (χ3v) is 4.19. The van der Waals surface area contributed by atoms with Gasteiger partial charge in [0.1, 0.15) is 0 Å². The maximum Gasteiger partial charge on any atom is 0.193 e. The van der Waals surface area contributed by atoms with Crippen LogP contribution in [-0.4, -0.2) is 43.0 Å². The molecule has 1 aromatic rings. The Hall–Kier alpha value is -1.10. The highest BCUT2D eigenvalue weighted by atomic mass is 32.1. The second-order valence-electron chi connectivity index (χ2n) is 4.57. The van der Waals surface area contributed by atoms with Crippen molar-refractivity contribution in [1.29, 1.82) is 0 Å². The predicted molar refractivity (Wildman–Crippen MR) is 84.1 cm³/mol. The van der Waals surface area contributed by atoms with Crippen LogP contribution >= 0.6 is 11.3 Å². The molecule has 0 aliphatic carbocycles. The van der Waals surface area contributed by atoms with Gasteiger partial charge in [0.05, 0.1) is 5.01 Å². The number of thiazole rings is 1. The van der Waals surface area contributed by atoms with Crippen LogP contribution in [0.15, 0.2) is 11.2 Å². The SMILES string of the molecule is CCCCN(C)C(=NC)NCCc1ncc(CC)s1. The number of nitrogens with one attached hydrogen (secondary N) is 1. The molecule has 0 saturated heterocycles. The summed E-state index contributed by atoms with van der Waals surface area (Å²) in [7, 11) is 3.92. The predicted octanol–water partition coefficient (Wildman–Crippen LogP) is 2.56. The fourth-order valence-corrected chi connectivity index (χ4v) is 2.66. The van der Waals surface area contributed by atoms with Gasteiger partial charge in [0.2, 0.25) is 0 Å². The molecule has 0 aliphatic rings. The smallest absolute Gasteiger partial charge is 0.193 e. The monoisotopic (exact) mass is 282 g/mol. The average molecular weight is 282 g/mol. The van der Waals surface area contributed by atoms with Crippen LogP contribution in [0.2, 0.25) is 0 Å². The number of guanidine groups is 1. The van der Waals surface area contributed by atoms with E-state index in [2.05, 4.69) is 41.1 Å². The van der Waals surface area contributed by atoms with E-state index in [1.807, 2.05) is 24.6 Å². The molecule has 108 valence electrons. The highest BCUT2D eigenvalue weighted by molar-refractivity contribution is 7.11. The van der Waals surface area contributed by atoms with Gasteiger partial charge < -0.3 is 10.2 Å². The number of nitrogens with zero attached hydrogens (tertiary/aromatic N) is 3. The molecule has 19 heavy (non-hydrogen) atoms. The molecule has 4 nitrogen and oxygen atoms in total. The van der Waals surface area contributed by atoms with E-state index in [0.29, 0.717) is 0 Å². The molecule has 0 atom stereocenters. The molecule has 0 bridgehead atoms. The maximum atomic E-state index is 4.43. The summed E-state index contributed by atoms with van der Waals surface area (Å²) < 4.78 is 0. The minimum absolute atomic E-state index is 0.889. The van der Waals surface area contributed by atoms with Crippen molar-refractivity contribution in [1.82, 2.24) is 15.2 Å². The van der Waals surface area contributed by atoms with Crippen molar-refractivity contribution in [2.45, 2.75) is 39.5 Å². The zero-order chi connectivity index (χ0) is 14.1. The van der Waals surface area contributed by atoms with Crippen LogP contribution in [0.1, 0.15) is 36.6 Å². The van der Waals surface area contributed by atoms with Crippen LogP contribution in [0.25, 0.3) is 0 Å². The molecule has 1 N–H and O–H groups in total. The molecule has 0 radical (unpaired) electrons. The largest absolute Gasteiger partial charge is 0.356 e. The van der Waals surface area contributed by atoms with Gasteiger partial charge in [0, 0.05) is 44.7 Å². The van der Waals surface area contributed by atoms with E-state index in [4.69, 9.17) is 0 Å². The molecule has 0 amide bonds. The molecule has 0 fully saturated rings. The molecule has 0 aliphatic heterocycles. The third-order valence-electron chi connectivity index (χ3n) is 2.99. The normalized spacial score (nSPS) is 11.7. The van der Waals surface area contributed by atoms with Gasteiger partial charge in [-0.25, -0.2) is 4.98 Å². The number of aliphatic imine (C=N–C) groups is 1. The minimum Gasteiger partial charge on any atom is -0.356 e. The number of hydrogen-bond acceptors (Lipinski definition) is 3. The van der Waals surface area contributed by atoms with E-state index in [1.165, 1.54) is 22.7 Å². The van der Waals surface area contributed by atoms with Crippen molar-refractivity contribution in [2.75, 3.05) is 27.2 Å². The number of aromatic nitrogens is 1. The number of aryl methyl sites for hydroxylation is 1. The lowest BCUT2D eigenvalue weighted by Crippen LogP contribution is -2.40. The van der Waals surface area contributed by atoms with E-state index in [9.17, 15) is 0 Å². The second kappa shape index (κ2) is 8.91. The average Bonchev–Trinajstić information content (AvgIpc) is 2.89. The first kappa shape index (κ1) is 16.0. The summed E-state index contributed by atoms with van der Waals surface area (Å²) >= 11 is 1.81.